The fraction of sp³-hybridized carbons (Fsp3) is 0.318. The predicted molar refractivity (Wildman–Crippen MR) is 121 cm³/mol. The van der Waals surface area contributed by atoms with Crippen LogP contribution in [0.5, 0.6) is 0 Å². The van der Waals surface area contributed by atoms with E-state index in [1.165, 1.54) is 12.3 Å². The number of nitrogens with zero attached hydrogens (tertiary/aromatic N) is 5. The smallest absolute Gasteiger partial charge is 0.254 e. The molecule has 0 saturated heterocycles. The van der Waals surface area contributed by atoms with Crippen molar-refractivity contribution in [2.45, 2.75) is 19.4 Å². The second-order valence-corrected chi connectivity index (χ2v) is 7.93. The van der Waals surface area contributed by atoms with E-state index in [9.17, 15) is 9.59 Å². The van der Waals surface area contributed by atoms with Crippen LogP contribution in [0.2, 0.25) is 0 Å². The molecule has 3 heterocycles. The van der Waals surface area contributed by atoms with Crippen molar-refractivity contribution in [2.24, 2.45) is 5.92 Å². The van der Waals surface area contributed by atoms with Gasteiger partial charge in [0.25, 0.3) is 5.91 Å². The van der Waals surface area contributed by atoms with E-state index in [-0.39, 0.29) is 23.2 Å². The lowest BCUT2D eigenvalue weighted by atomic mass is 10.1. The topological polar surface area (TPSA) is 117 Å². The molecule has 2 aromatic heterocycles. The summed E-state index contributed by atoms with van der Waals surface area (Å²) < 4.78 is 24.2. The zero-order valence-electron chi connectivity index (χ0n) is 20.4. The number of amides is 2. The molecule has 0 spiro atoms. The number of nitrogens with one attached hydrogen (secondary N) is 3. The van der Waals surface area contributed by atoms with E-state index < -0.39 is 12.9 Å². The second-order valence-electron chi connectivity index (χ2n) is 7.93. The Morgan fingerprint density at radius 2 is 2.09 bits per heavy atom. The average Bonchev–Trinajstić information content (AvgIpc) is 3.56. The van der Waals surface area contributed by atoms with Gasteiger partial charge in [-0.3, -0.25) is 9.59 Å². The molecule has 3 aromatic rings. The number of aromatic nitrogens is 4. The number of benzene rings is 1. The third-order valence-corrected chi connectivity index (χ3v) is 5.68. The Morgan fingerprint density at radius 1 is 1.22 bits per heavy atom. The number of fused-ring (bicyclic) bond motifs is 3. The number of hydrogen-bond acceptors (Lipinski definition) is 7. The average molecular weight is 436 g/mol. The zero-order valence-corrected chi connectivity index (χ0v) is 17.4. The molecular weight excluding hydrogens is 408 g/mol. The van der Waals surface area contributed by atoms with Gasteiger partial charge in [0.15, 0.2) is 5.82 Å². The summed E-state index contributed by atoms with van der Waals surface area (Å²) in [5, 5.41) is 16.3. The number of likely N-dealkylation sites (N-methyl/N-ethyl adjacent to an activating group) is 1. The minimum Gasteiger partial charge on any atom is -0.371 e. The Morgan fingerprint density at radius 3 is 2.91 bits per heavy atom. The van der Waals surface area contributed by atoms with Crippen LogP contribution in [0.1, 0.15) is 27.3 Å². The zero-order chi connectivity index (χ0) is 24.7. The molecule has 3 N–H and O–H groups in total. The van der Waals surface area contributed by atoms with Gasteiger partial charge in [0.2, 0.25) is 5.91 Å². The van der Waals surface area contributed by atoms with Crippen LogP contribution in [0.4, 0.5) is 22.9 Å². The third kappa shape index (κ3) is 3.64. The first-order valence-electron chi connectivity index (χ1n) is 11.8. The van der Waals surface area contributed by atoms with Crippen LogP contribution in [0.3, 0.4) is 0 Å². The van der Waals surface area contributed by atoms with E-state index in [0.717, 1.165) is 29.9 Å². The monoisotopic (exact) mass is 435 g/mol. The molecule has 5 rings (SSSR count). The highest BCUT2D eigenvalue weighted by molar-refractivity contribution is 6.02. The number of anilines is 4. The number of carbonyl (C=O) groups excluding carboxylic acids is 2. The van der Waals surface area contributed by atoms with Gasteiger partial charge in [0, 0.05) is 55.0 Å². The third-order valence-electron chi connectivity index (χ3n) is 5.68. The van der Waals surface area contributed by atoms with Crippen molar-refractivity contribution in [1.29, 1.82) is 0 Å². The molecule has 0 radical (unpaired) electrons. The molecule has 0 bridgehead atoms. The van der Waals surface area contributed by atoms with Crippen LogP contribution in [0.15, 0.2) is 36.8 Å². The first-order chi connectivity index (χ1) is 16.7. The van der Waals surface area contributed by atoms with Crippen molar-refractivity contribution >= 4 is 34.7 Å². The molecule has 1 aromatic carbocycles. The van der Waals surface area contributed by atoms with Gasteiger partial charge in [-0.05, 0) is 25.0 Å². The lowest BCUT2D eigenvalue weighted by Crippen LogP contribution is -2.22. The van der Waals surface area contributed by atoms with E-state index in [0.29, 0.717) is 24.5 Å². The summed E-state index contributed by atoms with van der Waals surface area (Å²) in [6.45, 7) is -1.27. The molecule has 2 aliphatic rings. The Labute approximate surface area is 189 Å². The first kappa shape index (κ1) is 16.7. The highest BCUT2D eigenvalue weighted by Crippen LogP contribution is 2.39. The van der Waals surface area contributed by atoms with Crippen LogP contribution in [-0.2, 0) is 11.3 Å². The lowest BCUT2D eigenvalue weighted by molar-refractivity contribution is -0.117. The molecule has 1 fully saturated rings. The van der Waals surface area contributed by atoms with Gasteiger partial charge in [-0.1, -0.05) is 6.07 Å². The Bertz CT molecular complexity index is 1300. The molecule has 1 aliphatic heterocycles. The van der Waals surface area contributed by atoms with Crippen molar-refractivity contribution in [3.8, 4) is 11.4 Å². The number of pyridine rings is 1. The summed E-state index contributed by atoms with van der Waals surface area (Å²) in [6.07, 6.45) is 4.62. The van der Waals surface area contributed by atoms with E-state index in [1.807, 2.05) is 35.1 Å². The SMILES string of the molecule is [2H]C([2H])([2H])NC(=O)c1cnc(NC(=O)C2CC2)cc1Nc1cccc2c1N(C)CCn1cnnc1-2. The van der Waals surface area contributed by atoms with Crippen LogP contribution in [-0.4, -0.2) is 52.1 Å². The quantitative estimate of drug-likeness (QED) is 0.563. The first-order valence-corrected chi connectivity index (χ1v) is 10.3. The number of para-hydroxylation sites is 1. The molecular formula is C22H24N8O2. The molecule has 10 heteroatoms. The predicted octanol–water partition coefficient (Wildman–Crippen LogP) is 2.24. The number of hydrogen-bond donors (Lipinski definition) is 3. The van der Waals surface area contributed by atoms with Gasteiger partial charge in [-0.2, -0.15) is 0 Å². The standard InChI is InChI=1S/C22H24N8O2/c1-23-22(32)15-11-24-18(27-21(31)13-6-7-13)10-17(15)26-16-5-3-4-14-19(16)29(2)8-9-30-12-25-28-20(14)30/h3-5,10-13H,6-9H2,1-2H3,(H,23,32)(H2,24,26,27,31)/i1D3. The highest BCUT2D eigenvalue weighted by Gasteiger charge is 2.30. The maximum atomic E-state index is 12.8. The molecule has 10 nitrogen and oxygen atoms in total. The van der Waals surface area contributed by atoms with Gasteiger partial charge >= 0.3 is 0 Å². The normalized spacial score (nSPS) is 16.5. The fourth-order valence-corrected chi connectivity index (χ4v) is 3.83. The highest BCUT2D eigenvalue weighted by atomic mass is 16.2. The second kappa shape index (κ2) is 7.95. The minimum absolute atomic E-state index is 0.0253. The van der Waals surface area contributed by atoms with Crippen molar-refractivity contribution < 1.29 is 13.7 Å². The molecule has 1 aliphatic carbocycles. The van der Waals surface area contributed by atoms with E-state index in [2.05, 4.69) is 30.7 Å². The molecule has 2 amide bonds. The summed E-state index contributed by atoms with van der Waals surface area (Å²) in [4.78, 5) is 31.3. The molecule has 1 saturated carbocycles. The Hall–Kier alpha value is -3.95. The minimum atomic E-state index is -2.67. The molecule has 32 heavy (non-hydrogen) atoms. The van der Waals surface area contributed by atoms with Gasteiger partial charge in [-0.15, -0.1) is 10.2 Å². The Kier molecular flexibility index (Phi) is 4.15. The summed E-state index contributed by atoms with van der Waals surface area (Å²) in [6, 6.07) is 7.19. The van der Waals surface area contributed by atoms with Gasteiger partial charge in [0.05, 0.1) is 22.6 Å². The largest absolute Gasteiger partial charge is 0.371 e. The van der Waals surface area contributed by atoms with Crippen LogP contribution in [0.25, 0.3) is 11.4 Å². The molecule has 0 unspecified atom stereocenters. The van der Waals surface area contributed by atoms with Crippen molar-refractivity contribution in [1.82, 2.24) is 25.1 Å². The lowest BCUT2D eigenvalue weighted by Gasteiger charge is -2.23. The van der Waals surface area contributed by atoms with E-state index in [4.69, 9.17) is 4.11 Å². The molecule has 164 valence electrons. The summed E-state index contributed by atoms with van der Waals surface area (Å²) >= 11 is 0. The van der Waals surface area contributed by atoms with E-state index in [1.54, 1.807) is 6.33 Å². The van der Waals surface area contributed by atoms with Crippen LogP contribution >= 0.6 is 0 Å². The summed E-state index contributed by atoms with van der Waals surface area (Å²) in [5.41, 5.74) is 2.72. The van der Waals surface area contributed by atoms with Crippen LogP contribution < -0.4 is 20.9 Å². The maximum Gasteiger partial charge on any atom is 0.254 e. The molecule has 0 atom stereocenters. The summed E-state index contributed by atoms with van der Waals surface area (Å²) in [5.74, 6) is 0.0269. The summed E-state index contributed by atoms with van der Waals surface area (Å²) in [7, 11) is 1.96. The van der Waals surface area contributed by atoms with Gasteiger partial charge < -0.3 is 25.4 Å². The maximum absolute atomic E-state index is 12.8. The van der Waals surface area contributed by atoms with Crippen LogP contribution in [0, 0.1) is 5.92 Å². The van der Waals surface area contributed by atoms with Crippen molar-refractivity contribution in [3.63, 3.8) is 0 Å². The number of rotatable bonds is 5. The fourth-order valence-electron chi connectivity index (χ4n) is 3.83. The van der Waals surface area contributed by atoms with Gasteiger partial charge in [0.1, 0.15) is 12.1 Å². The Balaban J connectivity index is 1.55. The van der Waals surface area contributed by atoms with E-state index >= 15 is 0 Å². The number of carbonyl (C=O) groups is 2. The van der Waals surface area contributed by atoms with Gasteiger partial charge in [-0.25, -0.2) is 4.98 Å². The van der Waals surface area contributed by atoms with Crippen molar-refractivity contribution in [3.05, 3.63) is 42.4 Å². The van der Waals surface area contributed by atoms with Crippen molar-refractivity contribution in [2.75, 3.05) is 36.1 Å².